The van der Waals surface area contributed by atoms with E-state index < -0.39 is 10.0 Å². The molecule has 5 nitrogen and oxygen atoms in total. The Labute approximate surface area is 135 Å². The highest BCUT2D eigenvalue weighted by Crippen LogP contribution is 2.25. The zero-order valence-electron chi connectivity index (χ0n) is 14.2. The van der Waals surface area contributed by atoms with Crippen molar-refractivity contribution < 1.29 is 13.2 Å². The number of carbonyl (C=O) groups is 1. The molecule has 0 aromatic heterocycles. The molecule has 0 spiro atoms. The molecule has 0 aromatic carbocycles. The van der Waals surface area contributed by atoms with Crippen LogP contribution >= 0.6 is 0 Å². The largest absolute Gasteiger partial charge is 0.340 e. The van der Waals surface area contributed by atoms with Crippen LogP contribution in [0.15, 0.2) is 0 Å². The van der Waals surface area contributed by atoms with Crippen molar-refractivity contribution in [3.8, 4) is 0 Å². The minimum atomic E-state index is -3.15. The number of hydrogen-bond acceptors (Lipinski definition) is 3. The zero-order chi connectivity index (χ0) is 16.4. The van der Waals surface area contributed by atoms with Gasteiger partial charge in [-0.2, -0.15) is 0 Å². The monoisotopic (exact) mass is 330 g/mol. The van der Waals surface area contributed by atoms with Crippen molar-refractivity contribution in [1.29, 1.82) is 0 Å². The second kappa shape index (κ2) is 6.87. The standard InChI is InChI=1S/C16H30N2O3S/c1-16(2,3)9-13-22(20,21)17-11-7-14(8-12-17)18-10-5-4-6-15(18)19/h14H,4-13H2,1-3H3. The number of sulfonamides is 1. The van der Waals surface area contributed by atoms with Gasteiger partial charge in [0.15, 0.2) is 0 Å². The van der Waals surface area contributed by atoms with E-state index in [9.17, 15) is 13.2 Å². The lowest BCUT2D eigenvalue weighted by molar-refractivity contribution is -0.136. The van der Waals surface area contributed by atoms with Gasteiger partial charge in [-0.25, -0.2) is 12.7 Å². The van der Waals surface area contributed by atoms with E-state index >= 15 is 0 Å². The first kappa shape index (κ1) is 17.7. The van der Waals surface area contributed by atoms with Crippen LogP contribution in [-0.2, 0) is 14.8 Å². The predicted octanol–water partition coefficient (Wildman–Crippen LogP) is 2.23. The van der Waals surface area contributed by atoms with Crippen LogP contribution in [0, 0.1) is 5.41 Å². The summed E-state index contributed by atoms with van der Waals surface area (Å²) >= 11 is 0. The topological polar surface area (TPSA) is 57.7 Å². The van der Waals surface area contributed by atoms with Gasteiger partial charge in [0.1, 0.15) is 0 Å². The number of piperidine rings is 2. The van der Waals surface area contributed by atoms with Crippen LogP contribution < -0.4 is 0 Å². The summed E-state index contributed by atoms with van der Waals surface area (Å²) in [6.45, 7) is 8.16. The van der Waals surface area contributed by atoms with Gasteiger partial charge in [-0.1, -0.05) is 20.8 Å². The average molecular weight is 330 g/mol. The van der Waals surface area contributed by atoms with Crippen LogP contribution in [0.2, 0.25) is 0 Å². The second-order valence-electron chi connectivity index (χ2n) is 7.80. The first-order valence-electron chi connectivity index (χ1n) is 8.46. The molecule has 2 saturated heterocycles. The molecule has 2 fully saturated rings. The van der Waals surface area contributed by atoms with Gasteiger partial charge in [0, 0.05) is 32.1 Å². The van der Waals surface area contributed by atoms with E-state index in [0.717, 1.165) is 32.2 Å². The molecule has 0 aromatic rings. The van der Waals surface area contributed by atoms with Crippen LogP contribution in [0.1, 0.15) is 59.3 Å². The van der Waals surface area contributed by atoms with Gasteiger partial charge < -0.3 is 4.90 Å². The first-order chi connectivity index (χ1) is 10.2. The lowest BCUT2D eigenvalue weighted by atomic mass is 9.94. The quantitative estimate of drug-likeness (QED) is 0.794. The number of likely N-dealkylation sites (tertiary alicyclic amines) is 1. The van der Waals surface area contributed by atoms with Crippen molar-refractivity contribution in [1.82, 2.24) is 9.21 Å². The maximum atomic E-state index is 12.4. The summed E-state index contributed by atoms with van der Waals surface area (Å²) < 4.78 is 26.5. The number of amides is 1. The van der Waals surface area contributed by atoms with Crippen molar-refractivity contribution in [2.24, 2.45) is 5.41 Å². The summed E-state index contributed by atoms with van der Waals surface area (Å²) in [7, 11) is -3.15. The first-order valence-corrected chi connectivity index (χ1v) is 10.1. The fourth-order valence-corrected chi connectivity index (χ4v) is 5.10. The van der Waals surface area contributed by atoms with Gasteiger partial charge in [0.05, 0.1) is 5.75 Å². The van der Waals surface area contributed by atoms with Gasteiger partial charge >= 0.3 is 0 Å². The Kier molecular flexibility index (Phi) is 5.54. The van der Waals surface area contributed by atoms with Crippen LogP contribution in [0.25, 0.3) is 0 Å². The smallest absolute Gasteiger partial charge is 0.222 e. The summed E-state index contributed by atoms with van der Waals surface area (Å²) in [6.07, 6.45) is 4.97. The molecule has 2 heterocycles. The Morgan fingerprint density at radius 2 is 1.73 bits per heavy atom. The fourth-order valence-electron chi connectivity index (χ4n) is 3.21. The highest BCUT2D eigenvalue weighted by Gasteiger charge is 2.33. The zero-order valence-corrected chi connectivity index (χ0v) is 15.0. The van der Waals surface area contributed by atoms with Crippen LogP contribution in [-0.4, -0.2) is 55.0 Å². The Hall–Kier alpha value is -0.620. The maximum absolute atomic E-state index is 12.4. The van der Waals surface area contributed by atoms with E-state index in [0.29, 0.717) is 25.9 Å². The van der Waals surface area contributed by atoms with Crippen molar-refractivity contribution in [3.05, 3.63) is 0 Å². The molecule has 0 radical (unpaired) electrons. The second-order valence-corrected chi connectivity index (χ2v) is 9.89. The molecule has 0 N–H and O–H groups in total. The Morgan fingerprint density at radius 1 is 1.09 bits per heavy atom. The van der Waals surface area contributed by atoms with E-state index in [1.54, 1.807) is 4.31 Å². The molecule has 22 heavy (non-hydrogen) atoms. The fraction of sp³-hybridized carbons (Fsp3) is 0.938. The van der Waals surface area contributed by atoms with Gasteiger partial charge in [-0.3, -0.25) is 4.79 Å². The molecule has 0 atom stereocenters. The van der Waals surface area contributed by atoms with Crippen molar-refractivity contribution >= 4 is 15.9 Å². The Balaban J connectivity index is 1.87. The molecule has 2 rings (SSSR count). The molecule has 2 aliphatic heterocycles. The summed E-state index contributed by atoms with van der Waals surface area (Å²) in [5.41, 5.74) is 0.0333. The van der Waals surface area contributed by atoms with Gasteiger partial charge in [-0.05, 0) is 37.5 Å². The van der Waals surface area contributed by atoms with Crippen molar-refractivity contribution in [2.45, 2.75) is 65.3 Å². The molecule has 0 bridgehead atoms. The summed E-state index contributed by atoms with van der Waals surface area (Å²) in [5, 5.41) is 0. The third-order valence-corrected chi connectivity index (χ3v) is 6.60. The molecule has 6 heteroatoms. The highest BCUT2D eigenvalue weighted by atomic mass is 32.2. The van der Waals surface area contributed by atoms with Crippen LogP contribution in [0.4, 0.5) is 0 Å². The number of nitrogens with zero attached hydrogens (tertiary/aromatic N) is 2. The molecule has 1 amide bonds. The number of hydrogen-bond donors (Lipinski definition) is 0. The third-order valence-electron chi connectivity index (χ3n) is 4.73. The molecule has 128 valence electrons. The highest BCUT2D eigenvalue weighted by molar-refractivity contribution is 7.89. The van der Waals surface area contributed by atoms with Crippen molar-refractivity contribution in [3.63, 3.8) is 0 Å². The molecule has 2 aliphatic rings. The molecule has 0 unspecified atom stereocenters. The van der Waals surface area contributed by atoms with E-state index in [-0.39, 0.29) is 23.1 Å². The van der Waals surface area contributed by atoms with E-state index in [1.807, 2.05) is 4.90 Å². The van der Waals surface area contributed by atoms with Crippen molar-refractivity contribution in [2.75, 3.05) is 25.4 Å². The lowest BCUT2D eigenvalue weighted by Crippen LogP contribution is -2.50. The summed E-state index contributed by atoms with van der Waals surface area (Å²) in [6, 6.07) is 0.238. The van der Waals surface area contributed by atoms with E-state index in [1.165, 1.54) is 0 Å². The van der Waals surface area contributed by atoms with E-state index in [4.69, 9.17) is 0 Å². The van der Waals surface area contributed by atoms with Crippen LogP contribution in [0.5, 0.6) is 0 Å². The molecule has 0 aliphatic carbocycles. The molecular formula is C16H30N2O3S. The van der Waals surface area contributed by atoms with Crippen LogP contribution in [0.3, 0.4) is 0 Å². The summed E-state index contributed by atoms with van der Waals surface area (Å²) in [4.78, 5) is 14.0. The van der Waals surface area contributed by atoms with E-state index in [2.05, 4.69) is 20.8 Å². The van der Waals surface area contributed by atoms with Gasteiger partial charge in [-0.15, -0.1) is 0 Å². The molecule has 0 saturated carbocycles. The Bertz CT molecular complexity index is 488. The number of rotatable bonds is 4. The minimum Gasteiger partial charge on any atom is -0.340 e. The molecular weight excluding hydrogens is 300 g/mol. The Morgan fingerprint density at radius 3 is 2.27 bits per heavy atom. The normalized spacial score (nSPS) is 23.0. The van der Waals surface area contributed by atoms with Gasteiger partial charge in [0.2, 0.25) is 15.9 Å². The average Bonchev–Trinajstić information content (AvgIpc) is 2.45. The minimum absolute atomic E-state index is 0.0333. The third kappa shape index (κ3) is 4.69. The lowest BCUT2D eigenvalue weighted by Gasteiger charge is -2.40. The number of carbonyl (C=O) groups excluding carboxylic acids is 1. The maximum Gasteiger partial charge on any atom is 0.222 e. The predicted molar refractivity (Wildman–Crippen MR) is 88.0 cm³/mol. The SMILES string of the molecule is CC(C)(C)CCS(=O)(=O)N1CCC(N2CCCCC2=O)CC1. The van der Waals surface area contributed by atoms with Gasteiger partial charge in [0.25, 0.3) is 0 Å². The summed E-state index contributed by atoms with van der Waals surface area (Å²) in [5.74, 6) is 0.476.